The molecule has 0 spiro atoms. The lowest BCUT2D eigenvalue weighted by atomic mass is 9.93. The summed E-state index contributed by atoms with van der Waals surface area (Å²) in [4.78, 5) is 6.86. The summed E-state index contributed by atoms with van der Waals surface area (Å²) in [6.07, 6.45) is 1.96. The molecule has 2 fully saturated rings. The highest BCUT2D eigenvalue weighted by molar-refractivity contribution is 6.17. The molecule has 2 unspecified atom stereocenters. The fourth-order valence-electron chi connectivity index (χ4n) is 5.51. The van der Waals surface area contributed by atoms with E-state index >= 15 is 0 Å². The molecule has 4 heterocycles. The summed E-state index contributed by atoms with van der Waals surface area (Å²) in [5.41, 5.74) is 1.01. The van der Waals surface area contributed by atoms with Crippen molar-refractivity contribution in [2.24, 2.45) is 16.8 Å². The predicted molar refractivity (Wildman–Crippen MR) is 140 cm³/mol. The first kappa shape index (κ1) is 25.8. The second kappa shape index (κ2) is 10.9. The number of benzene rings is 1. The van der Waals surface area contributed by atoms with Gasteiger partial charge in [0.05, 0.1) is 17.9 Å². The van der Waals surface area contributed by atoms with Gasteiger partial charge in [0, 0.05) is 54.8 Å². The Labute approximate surface area is 215 Å². The van der Waals surface area contributed by atoms with Crippen molar-refractivity contribution in [3.8, 4) is 0 Å². The molecule has 0 saturated carbocycles. The van der Waals surface area contributed by atoms with Crippen LogP contribution >= 0.6 is 0 Å². The number of fused-ring (bicyclic) bond motifs is 1. The van der Waals surface area contributed by atoms with Crippen LogP contribution in [0.5, 0.6) is 0 Å². The van der Waals surface area contributed by atoms with Crippen molar-refractivity contribution in [3.63, 3.8) is 0 Å². The number of anilines is 2. The molecule has 0 aliphatic carbocycles. The first-order valence-electron chi connectivity index (χ1n) is 13.1. The van der Waals surface area contributed by atoms with Crippen molar-refractivity contribution in [2.45, 2.75) is 44.6 Å². The Hall–Kier alpha value is -2.85. The van der Waals surface area contributed by atoms with E-state index in [1.807, 2.05) is 12.3 Å². The molecular formula is C27H35F3N6O. The fraction of sp³-hybridized carbons (Fsp3) is 0.556. The molecule has 2 saturated heterocycles. The monoisotopic (exact) mass is 516 g/mol. The van der Waals surface area contributed by atoms with Crippen molar-refractivity contribution in [1.29, 1.82) is 5.41 Å². The average Bonchev–Trinajstić information content (AvgIpc) is 3.55. The quantitative estimate of drug-likeness (QED) is 0.435. The average molecular weight is 517 g/mol. The first-order chi connectivity index (χ1) is 17.8. The van der Waals surface area contributed by atoms with E-state index in [-0.39, 0.29) is 5.69 Å². The molecule has 3 N–H and O–H groups in total. The maximum absolute atomic E-state index is 14.1. The molecular weight excluding hydrogens is 481 g/mol. The van der Waals surface area contributed by atoms with Crippen molar-refractivity contribution in [2.75, 3.05) is 50.5 Å². The third kappa shape index (κ3) is 5.85. The van der Waals surface area contributed by atoms with Gasteiger partial charge >= 0.3 is 6.18 Å². The van der Waals surface area contributed by atoms with Crippen LogP contribution < -0.4 is 10.6 Å². The Balaban J connectivity index is 1.38. The lowest BCUT2D eigenvalue weighted by molar-refractivity contribution is -0.137. The number of aromatic nitrogens is 1. The van der Waals surface area contributed by atoms with E-state index in [9.17, 15) is 13.2 Å². The number of hydrogen-bond acceptors (Lipinski definition) is 6. The van der Waals surface area contributed by atoms with Crippen molar-refractivity contribution in [1.82, 2.24) is 9.47 Å². The molecule has 3 aliphatic rings. The van der Waals surface area contributed by atoms with Crippen molar-refractivity contribution >= 4 is 23.4 Å². The molecule has 0 amide bonds. The molecule has 37 heavy (non-hydrogen) atoms. The Morgan fingerprint density at radius 3 is 2.70 bits per heavy atom. The normalized spacial score (nSPS) is 22.9. The molecule has 0 radical (unpaired) electrons. The number of halogens is 3. The number of aliphatic imine (C=N–C) groups is 1. The third-order valence-corrected chi connectivity index (χ3v) is 7.71. The van der Waals surface area contributed by atoms with Crippen LogP contribution in [0.3, 0.4) is 0 Å². The Morgan fingerprint density at radius 2 is 2.00 bits per heavy atom. The molecule has 1 aromatic carbocycles. The molecule has 2 atom stereocenters. The number of nitrogens with one attached hydrogen (secondary N) is 3. The topological polar surface area (TPSA) is 77.7 Å². The van der Waals surface area contributed by atoms with Gasteiger partial charge in [-0.1, -0.05) is 6.07 Å². The van der Waals surface area contributed by atoms with E-state index in [0.29, 0.717) is 36.3 Å². The predicted octanol–water partition coefficient (Wildman–Crippen LogP) is 4.93. The molecule has 10 heteroatoms. The van der Waals surface area contributed by atoms with E-state index in [2.05, 4.69) is 32.1 Å². The molecule has 3 aliphatic heterocycles. The van der Waals surface area contributed by atoms with Gasteiger partial charge in [0.1, 0.15) is 5.82 Å². The smallest absolute Gasteiger partial charge is 0.385 e. The third-order valence-electron chi connectivity index (χ3n) is 7.71. The molecule has 0 bridgehead atoms. The molecule has 1 aromatic heterocycles. The Kier molecular flexibility index (Phi) is 7.57. The van der Waals surface area contributed by atoms with Crippen LogP contribution in [0.2, 0.25) is 0 Å². The van der Waals surface area contributed by atoms with Crippen LogP contribution in [0.25, 0.3) is 0 Å². The summed E-state index contributed by atoms with van der Waals surface area (Å²) >= 11 is 0. The SMILES string of the molecule is CN1CCC(CCNc2ccc(C3=NC(C=N)Nc4c3ccn4CC3CCOC3)cc2C(F)(F)F)CC1. The highest BCUT2D eigenvalue weighted by atomic mass is 19.4. The Morgan fingerprint density at radius 1 is 1.19 bits per heavy atom. The summed E-state index contributed by atoms with van der Waals surface area (Å²) in [5, 5.41) is 14.1. The first-order valence-corrected chi connectivity index (χ1v) is 13.1. The van der Waals surface area contributed by atoms with E-state index in [0.717, 1.165) is 63.3 Å². The number of alkyl halides is 3. The summed E-state index contributed by atoms with van der Waals surface area (Å²) in [6, 6.07) is 6.29. The highest BCUT2D eigenvalue weighted by Crippen LogP contribution is 2.37. The standard InChI is InChI=1S/C27H35F3N6O/c1-35-10-5-18(6-11-35)4-9-32-23-3-2-20(14-22(23)27(28,29)30)25-21-7-12-36(16-19-8-13-37-17-19)26(21)34-24(15-31)33-25/h2-3,7,12,14-15,18-19,24,31-32,34H,4-6,8-11,13,16-17H2,1H3. The van der Waals surface area contributed by atoms with Gasteiger partial charge in [-0.25, -0.2) is 0 Å². The summed E-state index contributed by atoms with van der Waals surface area (Å²) < 4.78 is 50.0. The van der Waals surface area contributed by atoms with Gasteiger partial charge < -0.3 is 30.2 Å². The zero-order valence-corrected chi connectivity index (χ0v) is 21.2. The second-order valence-corrected chi connectivity index (χ2v) is 10.4. The maximum Gasteiger partial charge on any atom is 0.418 e. The zero-order chi connectivity index (χ0) is 26.0. The zero-order valence-electron chi connectivity index (χ0n) is 21.2. The molecule has 200 valence electrons. The van der Waals surface area contributed by atoms with Gasteiger partial charge in [0.25, 0.3) is 0 Å². The number of hydrogen-bond donors (Lipinski definition) is 3. The lowest BCUT2D eigenvalue weighted by Crippen LogP contribution is -2.31. The van der Waals surface area contributed by atoms with Gasteiger partial charge in [-0.3, -0.25) is 4.99 Å². The lowest BCUT2D eigenvalue weighted by Gasteiger charge is -2.29. The van der Waals surface area contributed by atoms with Crippen LogP contribution in [0.1, 0.15) is 42.4 Å². The summed E-state index contributed by atoms with van der Waals surface area (Å²) in [7, 11) is 2.10. The van der Waals surface area contributed by atoms with Gasteiger partial charge in [-0.2, -0.15) is 13.2 Å². The number of piperidine rings is 1. The molecule has 2 aromatic rings. The van der Waals surface area contributed by atoms with Gasteiger partial charge in [-0.05, 0) is 69.9 Å². The van der Waals surface area contributed by atoms with Gasteiger partial charge in [-0.15, -0.1) is 0 Å². The van der Waals surface area contributed by atoms with E-state index < -0.39 is 17.9 Å². The maximum atomic E-state index is 14.1. The summed E-state index contributed by atoms with van der Waals surface area (Å²) in [5.74, 6) is 1.70. The minimum absolute atomic E-state index is 0.0985. The fourth-order valence-corrected chi connectivity index (χ4v) is 5.51. The van der Waals surface area contributed by atoms with Crippen LogP contribution in [0.15, 0.2) is 35.5 Å². The van der Waals surface area contributed by atoms with Crippen LogP contribution in [0, 0.1) is 17.2 Å². The highest BCUT2D eigenvalue weighted by Gasteiger charge is 2.35. The number of nitrogens with zero attached hydrogens (tertiary/aromatic N) is 3. The Bertz CT molecular complexity index is 1130. The number of likely N-dealkylation sites (tertiary alicyclic amines) is 1. The van der Waals surface area contributed by atoms with E-state index in [1.165, 1.54) is 18.3 Å². The van der Waals surface area contributed by atoms with Gasteiger partial charge in [0.2, 0.25) is 0 Å². The van der Waals surface area contributed by atoms with Crippen molar-refractivity contribution < 1.29 is 17.9 Å². The number of rotatable bonds is 8. The summed E-state index contributed by atoms with van der Waals surface area (Å²) in [6.45, 7) is 4.78. The number of ether oxygens (including phenoxy) is 1. The van der Waals surface area contributed by atoms with Crippen LogP contribution in [0.4, 0.5) is 24.7 Å². The molecule has 7 nitrogen and oxygen atoms in total. The van der Waals surface area contributed by atoms with Crippen LogP contribution in [-0.4, -0.2) is 67.5 Å². The van der Waals surface area contributed by atoms with Gasteiger partial charge in [0.15, 0.2) is 6.17 Å². The van der Waals surface area contributed by atoms with E-state index in [1.54, 1.807) is 6.07 Å². The largest absolute Gasteiger partial charge is 0.418 e. The van der Waals surface area contributed by atoms with Crippen LogP contribution in [-0.2, 0) is 17.5 Å². The molecule has 5 rings (SSSR count). The van der Waals surface area contributed by atoms with Crippen molar-refractivity contribution in [3.05, 3.63) is 47.2 Å². The second-order valence-electron chi connectivity index (χ2n) is 10.4. The van der Waals surface area contributed by atoms with E-state index in [4.69, 9.17) is 10.1 Å². The minimum atomic E-state index is -4.50. The minimum Gasteiger partial charge on any atom is -0.385 e.